The molecule has 0 saturated carbocycles. The maximum atomic E-state index is 12.9. The zero-order valence-corrected chi connectivity index (χ0v) is 15.6. The summed E-state index contributed by atoms with van der Waals surface area (Å²) in [6.07, 6.45) is 1.47. The first-order chi connectivity index (χ1) is 12.4. The van der Waals surface area contributed by atoms with Crippen molar-refractivity contribution in [1.82, 2.24) is 15.5 Å². The number of hydrogen-bond donors (Lipinski definition) is 2. The Morgan fingerprint density at radius 3 is 2.77 bits per heavy atom. The number of carbonyl (C=O) groups is 2. The topological polar surface area (TPSA) is 98.8 Å². The number of carbonyl (C=O) groups excluding carboxylic acids is 2. The lowest BCUT2D eigenvalue weighted by Gasteiger charge is -2.33. The Labute approximate surface area is 153 Å². The van der Waals surface area contributed by atoms with Crippen LogP contribution >= 0.6 is 0 Å². The molecule has 26 heavy (non-hydrogen) atoms. The highest BCUT2D eigenvalue weighted by Crippen LogP contribution is 2.25. The quantitative estimate of drug-likeness (QED) is 0.755. The first kappa shape index (κ1) is 18.7. The lowest BCUT2D eigenvalue weighted by Crippen LogP contribution is -2.57. The molecule has 0 unspecified atom stereocenters. The SMILES string of the molecule is CNC(=O)[C@@H]1CN(C(=O)c2cccc(N3CCCCS3(=O)=O)c2)CCN1. The van der Waals surface area contributed by atoms with E-state index in [2.05, 4.69) is 10.6 Å². The van der Waals surface area contributed by atoms with Crippen LogP contribution < -0.4 is 14.9 Å². The fourth-order valence-electron chi connectivity index (χ4n) is 3.34. The standard InChI is InChI=1S/C17H24N4O4S/c1-18-16(22)15-12-20(9-7-19-15)17(23)13-5-4-6-14(11-13)21-8-2-3-10-26(21,24)25/h4-6,11,15,19H,2-3,7-10,12H2,1H3,(H,18,22)/t15-/m0/s1. The normalized spacial score (nSPS) is 22.7. The van der Waals surface area contributed by atoms with Crippen LogP contribution in [0.25, 0.3) is 0 Å². The predicted octanol–water partition coefficient (Wildman–Crippen LogP) is -0.223. The zero-order valence-electron chi connectivity index (χ0n) is 14.8. The van der Waals surface area contributed by atoms with Crippen molar-refractivity contribution in [2.45, 2.75) is 18.9 Å². The Morgan fingerprint density at radius 1 is 1.23 bits per heavy atom. The van der Waals surface area contributed by atoms with Gasteiger partial charge in [-0.2, -0.15) is 0 Å². The lowest BCUT2D eigenvalue weighted by atomic mass is 10.1. The van der Waals surface area contributed by atoms with Crippen LogP contribution in [0.2, 0.25) is 0 Å². The first-order valence-corrected chi connectivity index (χ1v) is 10.4. The maximum Gasteiger partial charge on any atom is 0.254 e. The summed E-state index contributed by atoms with van der Waals surface area (Å²) in [5, 5.41) is 5.67. The fourth-order valence-corrected chi connectivity index (χ4v) is 4.97. The summed E-state index contributed by atoms with van der Waals surface area (Å²) in [4.78, 5) is 26.3. The molecule has 2 saturated heterocycles. The summed E-state index contributed by atoms with van der Waals surface area (Å²) < 4.78 is 26.0. The van der Waals surface area contributed by atoms with Crippen LogP contribution in [-0.2, 0) is 14.8 Å². The van der Waals surface area contributed by atoms with Crippen LogP contribution in [0.15, 0.2) is 24.3 Å². The number of likely N-dealkylation sites (N-methyl/N-ethyl adjacent to an activating group) is 1. The van der Waals surface area contributed by atoms with Crippen molar-refractivity contribution in [2.75, 3.05) is 43.3 Å². The van der Waals surface area contributed by atoms with E-state index in [4.69, 9.17) is 0 Å². The van der Waals surface area contributed by atoms with E-state index in [1.165, 1.54) is 4.31 Å². The molecule has 0 radical (unpaired) electrons. The number of hydrogen-bond acceptors (Lipinski definition) is 5. The number of rotatable bonds is 3. The van der Waals surface area contributed by atoms with Crippen molar-refractivity contribution in [1.29, 1.82) is 0 Å². The molecule has 9 heteroatoms. The molecule has 1 aromatic carbocycles. The molecule has 2 N–H and O–H groups in total. The van der Waals surface area contributed by atoms with Crippen molar-refractivity contribution >= 4 is 27.5 Å². The minimum Gasteiger partial charge on any atom is -0.358 e. The van der Waals surface area contributed by atoms with Crippen LogP contribution in [0.1, 0.15) is 23.2 Å². The Balaban J connectivity index is 1.79. The summed E-state index contributed by atoms with van der Waals surface area (Å²) in [5.74, 6) is -0.219. The molecule has 0 bridgehead atoms. The van der Waals surface area contributed by atoms with Gasteiger partial charge in [-0.3, -0.25) is 13.9 Å². The van der Waals surface area contributed by atoms with E-state index in [0.29, 0.717) is 37.3 Å². The van der Waals surface area contributed by atoms with E-state index in [1.54, 1.807) is 36.2 Å². The summed E-state index contributed by atoms with van der Waals surface area (Å²) >= 11 is 0. The zero-order chi connectivity index (χ0) is 18.7. The largest absolute Gasteiger partial charge is 0.358 e. The molecule has 2 aliphatic rings. The molecular formula is C17H24N4O4S. The van der Waals surface area contributed by atoms with Crippen LogP contribution in [0, 0.1) is 0 Å². The molecule has 0 spiro atoms. The number of sulfonamides is 1. The van der Waals surface area contributed by atoms with Crippen molar-refractivity contribution in [3.8, 4) is 0 Å². The number of nitrogens with one attached hydrogen (secondary N) is 2. The molecule has 2 amide bonds. The lowest BCUT2D eigenvalue weighted by molar-refractivity contribution is -0.123. The average molecular weight is 380 g/mol. The van der Waals surface area contributed by atoms with Crippen molar-refractivity contribution < 1.29 is 18.0 Å². The third-order valence-corrected chi connectivity index (χ3v) is 6.63. The van der Waals surface area contributed by atoms with Gasteiger partial charge in [0, 0.05) is 38.8 Å². The highest BCUT2D eigenvalue weighted by Gasteiger charge is 2.29. The van der Waals surface area contributed by atoms with Crippen LogP contribution in [0.5, 0.6) is 0 Å². The monoisotopic (exact) mass is 380 g/mol. The molecule has 142 valence electrons. The van der Waals surface area contributed by atoms with Crippen molar-refractivity contribution in [3.05, 3.63) is 29.8 Å². The van der Waals surface area contributed by atoms with Gasteiger partial charge in [-0.1, -0.05) is 6.07 Å². The number of nitrogens with zero attached hydrogens (tertiary/aromatic N) is 2. The first-order valence-electron chi connectivity index (χ1n) is 8.77. The van der Waals surface area contributed by atoms with E-state index >= 15 is 0 Å². The van der Waals surface area contributed by atoms with Gasteiger partial charge in [0.1, 0.15) is 6.04 Å². The second-order valence-corrected chi connectivity index (χ2v) is 8.53. The Hall–Kier alpha value is -2.13. The maximum absolute atomic E-state index is 12.9. The summed E-state index contributed by atoms with van der Waals surface area (Å²) in [7, 11) is -1.76. The van der Waals surface area contributed by atoms with Crippen LogP contribution in [0.3, 0.4) is 0 Å². The minimum atomic E-state index is -3.32. The minimum absolute atomic E-state index is 0.136. The highest BCUT2D eigenvalue weighted by molar-refractivity contribution is 7.92. The Kier molecular flexibility index (Phi) is 5.47. The number of amides is 2. The van der Waals surface area contributed by atoms with E-state index in [9.17, 15) is 18.0 Å². The Morgan fingerprint density at radius 2 is 2.04 bits per heavy atom. The van der Waals surface area contributed by atoms with Crippen LogP contribution in [0.4, 0.5) is 5.69 Å². The molecule has 3 rings (SSSR count). The summed E-state index contributed by atoms with van der Waals surface area (Å²) in [6.45, 7) is 1.75. The van der Waals surface area contributed by atoms with Crippen LogP contribution in [-0.4, -0.2) is 70.2 Å². The van der Waals surface area contributed by atoms with E-state index in [1.807, 2.05) is 0 Å². The molecule has 8 nitrogen and oxygen atoms in total. The molecule has 2 fully saturated rings. The molecule has 2 aliphatic heterocycles. The van der Waals surface area contributed by atoms with Gasteiger partial charge in [-0.15, -0.1) is 0 Å². The molecule has 2 heterocycles. The van der Waals surface area contributed by atoms with Gasteiger partial charge in [0.15, 0.2) is 0 Å². The summed E-state index contributed by atoms with van der Waals surface area (Å²) in [5.41, 5.74) is 0.953. The smallest absolute Gasteiger partial charge is 0.254 e. The van der Waals surface area contributed by atoms with E-state index in [0.717, 1.165) is 6.42 Å². The molecule has 0 aliphatic carbocycles. The van der Waals surface area contributed by atoms with Crippen molar-refractivity contribution in [2.24, 2.45) is 0 Å². The van der Waals surface area contributed by atoms with Gasteiger partial charge in [0.25, 0.3) is 5.91 Å². The number of anilines is 1. The predicted molar refractivity (Wildman–Crippen MR) is 98.6 cm³/mol. The van der Waals surface area contributed by atoms with Gasteiger partial charge in [0.05, 0.1) is 11.4 Å². The summed E-state index contributed by atoms with van der Waals surface area (Å²) in [6, 6.07) is 6.28. The second kappa shape index (κ2) is 7.63. The average Bonchev–Trinajstić information content (AvgIpc) is 2.66. The van der Waals surface area contributed by atoms with Gasteiger partial charge < -0.3 is 15.5 Å². The second-order valence-electron chi connectivity index (χ2n) is 6.52. The molecular weight excluding hydrogens is 356 g/mol. The number of piperazine rings is 1. The van der Waals surface area contributed by atoms with Gasteiger partial charge in [-0.25, -0.2) is 8.42 Å². The third kappa shape index (κ3) is 3.83. The molecule has 1 aromatic rings. The molecule has 0 aromatic heterocycles. The van der Waals surface area contributed by atoms with Gasteiger partial charge in [0.2, 0.25) is 15.9 Å². The Bertz CT molecular complexity index is 796. The fraction of sp³-hybridized carbons (Fsp3) is 0.529. The molecule has 1 atom stereocenters. The van der Waals surface area contributed by atoms with Gasteiger partial charge >= 0.3 is 0 Å². The van der Waals surface area contributed by atoms with E-state index < -0.39 is 16.1 Å². The number of benzene rings is 1. The van der Waals surface area contributed by atoms with E-state index in [-0.39, 0.29) is 24.1 Å². The third-order valence-electron chi connectivity index (χ3n) is 4.76. The van der Waals surface area contributed by atoms with Gasteiger partial charge in [-0.05, 0) is 31.0 Å². The van der Waals surface area contributed by atoms with Crippen molar-refractivity contribution in [3.63, 3.8) is 0 Å². The highest BCUT2D eigenvalue weighted by atomic mass is 32.2.